The molecular formula is C21H36MgO9S. The molecule has 0 saturated heterocycles. The van der Waals surface area contributed by atoms with Crippen LogP contribution in [0.4, 0.5) is 0 Å². The predicted molar refractivity (Wildman–Crippen MR) is 123 cm³/mol. The van der Waals surface area contributed by atoms with E-state index >= 15 is 0 Å². The Hall–Kier alpha value is -1.43. The van der Waals surface area contributed by atoms with Crippen LogP contribution in [-0.2, 0) is 38.7 Å². The van der Waals surface area contributed by atoms with E-state index in [0.29, 0.717) is 32.1 Å². The Bertz CT molecular complexity index is 740. The molecule has 0 saturated carbocycles. The SMILES string of the molecule is C=C(C)C(=O)OCC(CCC)(COC(=O)C(=C)C)C(=O)OCCCCCCS(=O)(=O)O.[H-].[H-].[Mg+2]. The third kappa shape index (κ3) is 13.9. The Labute approximate surface area is 209 Å². The van der Waals surface area contributed by atoms with Crippen molar-refractivity contribution in [3.05, 3.63) is 24.3 Å². The van der Waals surface area contributed by atoms with Gasteiger partial charge in [-0.15, -0.1) is 0 Å². The van der Waals surface area contributed by atoms with Crippen molar-refractivity contribution in [2.75, 3.05) is 25.6 Å². The van der Waals surface area contributed by atoms with Gasteiger partial charge in [-0.2, -0.15) is 8.42 Å². The van der Waals surface area contributed by atoms with Crippen molar-refractivity contribution >= 4 is 51.1 Å². The number of hydrogen-bond donors (Lipinski definition) is 1. The fourth-order valence-corrected chi connectivity index (χ4v) is 3.17. The van der Waals surface area contributed by atoms with Gasteiger partial charge in [-0.1, -0.05) is 39.3 Å². The van der Waals surface area contributed by atoms with Gasteiger partial charge in [0.25, 0.3) is 10.1 Å². The number of carbonyl (C=O) groups excluding carboxylic acids is 3. The molecule has 182 valence electrons. The molecule has 0 aromatic heterocycles. The second-order valence-corrected chi connectivity index (χ2v) is 9.15. The normalized spacial score (nSPS) is 11.1. The maximum atomic E-state index is 12.9. The van der Waals surface area contributed by atoms with Crippen LogP contribution in [-0.4, -0.2) is 79.5 Å². The Morgan fingerprint density at radius 2 is 1.38 bits per heavy atom. The maximum absolute atomic E-state index is 12.9. The summed E-state index contributed by atoms with van der Waals surface area (Å²) in [7, 11) is -3.98. The summed E-state index contributed by atoms with van der Waals surface area (Å²) in [6, 6.07) is 0. The number of ether oxygens (including phenoxy) is 3. The van der Waals surface area contributed by atoms with Crippen molar-refractivity contribution in [2.24, 2.45) is 5.41 Å². The molecule has 0 aliphatic rings. The van der Waals surface area contributed by atoms with Gasteiger partial charge in [0.2, 0.25) is 0 Å². The third-order valence-electron chi connectivity index (χ3n) is 4.35. The number of carbonyl (C=O) groups is 3. The van der Waals surface area contributed by atoms with Crippen LogP contribution >= 0.6 is 0 Å². The molecule has 0 aliphatic carbocycles. The van der Waals surface area contributed by atoms with E-state index in [9.17, 15) is 22.8 Å². The zero-order valence-electron chi connectivity index (χ0n) is 21.3. The summed E-state index contributed by atoms with van der Waals surface area (Å²) >= 11 is 0. The summed E-state index contributed by atoms with van der Waals surface area (Å²) in [4.78, 5) is 36.6. The summed E-state index contributed by atoms with van der Waals surface area (Å²) in [5.41, 5.74) is -1.03. The first-order valence-electron chi connectivity index (χ1n) is 10.1. The molecule has 0 aliphatic heterocycles. The van der Waals surface area contributed by atoms with Crippen molar-refractivity contribution in [2.45, 2.75) is 59.3 Å². The van der Waals surface area contributed by atoms with Gasteiger partial charge >= 0.3 is 41.0 Å². The number of rotatable bonds is 16. The predicted octanol–water partition coefficient (Wildman–Crippen LogP) is 2.85. The van der Waals surface area contributed by atoms with Gasteiger partial charge in [0.15, 0.2) is 0 Å². The van der Waals surface area contributed by atoms with Crippen LogP contribution in [0.5, 0.6) is 0 Å². The molecule has 0 radical (unpaired) electrons. The molecule has 0 bridgehead atoms. The molecule has 0 aromatic carbocycles. The Balaban J connectivity index is -0.00000150. The summed E-state index contributed by atoms with van der Waals surface area (Å²) in [5.74, 6) is -2.30. The minimum Gasteiger partial charge on any atom is -1.00 e. The van der Waals surface area contributed by atoms with Crippen LogP contribution in [0.15, 0.2) is 24.3 Å². The van der Waals surface area contributed by atoms with Crippen LogP contribution in [0, 0.1) is 5.41 Å². The van der Waals surface area contributed by atoms with Gasteiger partial charge in [0.1, 0.15) is 18.6 Å². The minimum absolute atomic E-state index is 0. The topological polar surface area (TPSA) is 133 Å². The second kappa shape index (κ2) is 16.2. The number of esters is 3. The number of hydrogen-bond acceptors (Lipinski definition) is 8. The monoisotopic (exact) mass is 488 g/mol. The van der Waals surface area contributed by atoms with Crippen molar-refractivity contribution in [1.82, 2.24) is 0 Å². The van der Waals surface area contributed by atoms with E-state index in [1.807, 2.05) is 6.92 Å². The molecule has 32 heavy (non-hydrogen) atoms. The minimum atomic E-state index is -3.98. The van der Waals surface area contributed by atoms with Gasteiger partial charge < -0.3 is 17.1 Å². The molecule has 0 atom stereocenters. The summed E-state index contributed by atoms with van der Waals surface area (Å²) in [5, 5.41) is 0. The molecule has 0 fully saturated rings. The van der Waals surface area contributed by atoms with Gasteiger partial charge in [-0.3, -0.25) is 9.35 Å². The molecule has 11 heteroatoms. The smallest absolute Gasteiger partial charge is 1.00 e. The van der Waals surface area contributed by atoms with E-state index in [2.05, 4.69) is 13.2 Å². The maximum Gasteiger partial charge on any atom is 2.00 e. The first kappa shape index (κ1) is 32.7. The number of unbranched alkanes of at least 4 members (excludes halogenated alkanes) is 3. The van der Waals surface area contributed by atoms with Crippen LogP contribution in [0.2, 0.25) is 0 Å². The van der Waals surface area contributed by atoms with Crippen molar-refractivity contribution in [3.8, 4) is 0 Å². The molecule has 1 N–H and O–H groups in total. The van der Waals surface area contributed by atoms with Gasteiger partial charge in [0, 0.05) is 11.1 Å². The molecular weight excluding hydrogens is 453 g/mol. The Morgan fingerprint density at radius 3 is 1.78 bits per heavy atom. The van der Waals surface area contributed by atoms with E-state index in [1.54, 1.807) is 0 Å². The molecule has 0 unspecified atom stereocenters. The standard InChI is InChI=1S/C21H34O9S.Mg.2H/c1-6-11-21(14-29-18(22)16(2)3,15-30-19(23)17(4)5)20(24)28-12-9-7-8-10-13-31(25,26)27;;;/h2,4,6-15H2,1,3,5H3,(H,25,26,27);;;/q;+2;2*-1. The average molecular weight is 489 g/mol. The van der Waals surface area contributed by atoms with Gasteiger partial charge in [0.05, 0.1) is 12.4 Å². The summed E-state index contributed by atoms with van der Waals surface area (Å²) < 4.78 is 45.8. The van der Waals surface area contributed by atoms with E-state index in [-0.39, 0.29) is 69.0 Å². The molecule has 0 spiro atoms. The van der Waals surface area contributed by atoms with Crippen LogP contribution in [0.25, 0.3) is 0 Å². The Morgan fingerprint density at radius 1 is 0.906 bits per heavy atom. The average Bonchev–Trinajstić information content (AvgIpc) is 2.67. The first-order chi connectivity index (χ1) is 14.3. The summed E-state index contributed by atoms with van der Waals surface area (Å²) in [6.07, 6.45) is 2.73. The van der Waals surface area contributed by atoms with E-state index < -0.39 is 33.4 Å². The van der Waals surface area contributed by atoms with E-state index in [4.69, 9.17) is 18.8 Å². The molecule has 0 heterocycles. The zero-order chi connectivity index (χ0) is 24.1. The molecule has 0 aromatic rings. The van der Waals surface area contributed by atoms with Crippen LogP contribution < -0.4 is 0 Å². The first-order valence-corrected chi connectivity index (χ1v) is 11.7. The molecule has 9 nitrogen and oxygen atoms in total. The second-order valence-electron chi connectivity index (χ2n) is 7.58. The third-order valence-corrected chi connectivity index (χ3v) is 5.15. The van der Waals surface area contributed by atoms with Crippen molar-refractivity contribution in [1.29, 1.82) is 0 Å². The summed E-state index contributed by atoms with van der Waals surface area (Å²) in [6.45, 7) is 11.2. The van der Waals surface area contributed by atoms with Crippen molar-refractivity contribution < 1.29 is 44.4 Å². The van der Waals surface area contributed by atoms with Gasteiger partial charge in [-0.25, -0.2) is 9.59 Å². The van der Waals surface area contributed by atoms with Gasteiger partial charge in [-0.05, 0) is 33.1 Å². The largest absolute Gasteiger partial charge is 2.00 e. The fraction of sp³-hybridized carbons (Fsp3) is 0.667. The Kier molecular flexibility index (Phi) is 16.6. The van der Waals surface area contributed by atoms with E-state index in [1.165, 1.54) is 13.8 Å². The molecule has 0 amide bonds. The van der Waals surface area contributed by atoms with Crippen LogP contribution in [0.1, 0.15) is 62.1 Å². The molecule has 0 rings (SSSR count). The van der Waals surface area contributed by atoms with Crippen LogP contribution in [0.3, 0.4) is 0 Å². The quantitative estimate of drug-likeness (QED) is 0.0868. The zero-order valence-corrected chi connectivity index (χ0v) is 21.5. The van der Waals surface area contributed by atoms with E-state index in [0.717, 1.165) is 0 Å². The fourth-order valence-electron chi connectivity index (χ4n) is 2.60. The van der Waals surface area contributed by atoms with Crippen molar-refractivity contribution in [3.63, 3.8) is 0 Å².